The quantitative estimate of drug-likeness (QED) is 0.804. The van der Waals surface area contributed by atoms with Crippen molar-refractivity contribution in [1.82, 2.24) is 14.6 Å². The molecule has 0 radical (unpaired) electrons. The van der Waals surface area contributed by atoms with Crippen LogP contribution in [0, 0.1) is 6.92 Å². The summed E-state index contributed by atoms with van der Waals surface area (Å²) in [6.07, 6.45) is 1.42. The van der Waals surface area contributed by atoms with Crippen LogP contribution in [0.25, 0.3) is 5.65 Å². The van der Waals surface area contributed by atoms with Crippen LogP contribution in [-0.2, 0) is 0 Å². The highest BCUT2D eigenvalue weighted by atomic mass is 35.5. The van der Waals surface area contributed by atoms with Crippen molar-refractivity contribution in [1.29, 1.82) is 0 Å². The van der Waals surface area contributed by atoms with Crippen LogP contribution in [0.3, 0.4) is 0 Å². The molecular formula is C14H10ClN3O3. The van der Waals surface area contributed by atoms with Gasteiger partial charge in [0.25, 0.3) is 0 Å². The molecule has 3 rings (SSSR count). The number of ether oxygens (including phenoxy) is 1. The number of aromatic nitrogens is 3. The summed E-state index contributed by atoms with van der Waals surface area (Å²) < 4.78 is 7.24. The molecule has 1 aromatic carbocycles. The molecule has 0 bridgehead atoms. The topological polar surface area (TPSA) is 76.7 Å². The van der Waals surface area contributed by atoms with E-state index in [1.165, 1.54) is 23.0 Å². The number of pyridine rings is 1. The van der Waals surface area contributed by atoms with Gasteiger partial charge in [-0.15, -0.1) is 0 Å². The maximum absolute atomic E-state index is 11.1. The molecule has 0 aliphatic heterocycles. The fourth-order valence-electron chi connectivity index (χ4n) is 1.95. The summed E-state index contributed by atoms with van der Waals surface area (Å²) >= 11 is 5.83. The molecule has 0 amide bonds. The molecule has 7 heteroatoms. The van der Waals surface area contributed by atoms with E-state index < -0.39 is 5.97 Å². The summed E-state index contributed by atoms with van der Waals surface area (Å²) in [5.74, 6) is -0.305. The Balaban J connectivity index is 2.04. The van der Waals surface area contributed by atoms with Gasteiger partial charge >= 0.3 is 5.97 Å². The molecule has 2 heterocycles. The minimum atomic E-state index is -1.11. The van der Waals surface area contributed by atoms with Crippen molar-refractivity contribution in [2.45, 2.75) is 6.92 Å². The fourth-order valence-corrected chi connectivity index (χ4v) is 2.14. The number of hydrogen-bond acceptors (Lipinski definition) is 4. The second-order valence-corrected chi connectivity index (χ2v) is 4.86. The molecule has 3 aromatic rings. The molecule has 0 aliphatic rings. The maximum atomic E-state index is 11.1. The lowest BCUT2D eigenvalue weighted by Gasteiger charge is -2.09. The number of aryl methyl sites for hydroxylation is 1. The normalized spacial score (nSPS) is 10.8. The standard InChI is InChI=1S/C14H10ClN3O3/c1-8-4-12-16-7-17-18(12)13(5-8)21-9-2-3-11(15)10(6-9)14(19)20/h2-7H,1H3,(H,19,20). The van der Waals surface area contributed by atoms with Crippen molar-refractivity contribution < 1.29 is 14.6 Å². The number of carboxylic acid groups (broad SMARTS) is 1. The Morgan fingerprint density at radius 2 is 2.14 bits per heavy atom. The van der Waals surface area contributed by atoms with Crippen molar-refractivity contribution in [3.05, 3.63) is 52.8 Å². The SMILES string of the molecule is Cc1cc(Oc2ccc(Cl)c(C(=O)O)c2)n2ncnc2c1. The Bertz CT molecular complexity index is 845. The third-order valence-corrected chi connectivity index (χ3v) is 3.21. The summed E-state index contributed by atoms with van der Waals surface area (Å²) in [5, 5.41) is 13.3. The Morgan fingerprint density at radius 1 is 1.33 bits per heavy atom. The summed E-state index contributed by atoms with van der Waals surface area (Å²) in [6, 6.07) is 8.10. The highest BCUT2D eigenvalue weighted by Gasteiger charge is 2.12. The zero-order chi connectivity index (χ0) is 15.0. The first-order chi connectivity index (χ1) is 10.0. The van der Waals surface area contributed by atoms with Crippen molar-refractivity contribution >= 4 is 23.2 Å². The predicted octanol–water partition coefficient (Wildman–Crippen LogP) is 3.18. The van der Waals surface area contributed by atoms with E-state index in [0.29, 0.717) is 17.3 Å². The zero-order valence-corrected chi connectivity index (χ0v) is 11.7. The Labute approximate surface area is 124 Å². The van der Waals surface area contributed by atoms with Crippen molar-refractivity contribution in [2.24, 2.45) is 0 Å². The van der Waals surface area contributed by atoms with Crippen molar-refractivity contribution in [3.8, 4) is 11.6 Å². The van der Waals surface area contributed by atoms with E-state index in [-0.39, 0.29) is 10.6 Å². The van der Waals surface area contributed by atoms with Gasteiger partial charge < -0.3 is 9.84 Å². The van der Waals surface area contributed by atoms with Gasteiger partial charge in [-0.2, -0.15) is 9.61 Å². The van der Waals surface area contributed by atoms with E-state index in [1.54, 1.807) is 12.1 Å². The Morgan fingerprint density at radius 3 is 2.90 bits per heavy atom. The number of rotatable bonds is 3. The molecule has 0 spiro atoms. The highest BCUT2D eigenvalue weighted by molar-refractivity contribution is 6.33. The second kappa shape index (κ2) is 5.06. The van der Waals surface area contributed by atoms with Crippen LogP contribution in [-0.4, -0.2) is 25.7 Å². The molecule has 0 unspecified atom stereocenters. The highest BCUT2D eigenvalue weighted by Crippen LogP contribution is 2.27. The van der Waals surface area contributed by atoms with Crippen LogP contribution < -0.4 is 4.74 Å². The Kier molecular flexibility index (Phi) is 3.23. The summed E-state index contributed by atoms with van der Waals surface area (Å²) in [5.41, 5.74) is 1.59. The molecule has 0 saturated heterocycles. The number of carboxylic acids is 1. The predicted molar refractivity (Wildman–Crippen MR) is 76.2 cm³/mol. The summed E-state index contributed by atoms with van der Waals surface area (Å²) in [6.45, 7) is 1.91. The minimum Gasteiger partial charge on any atom is -0.478 e. The average Bonchev–Trinajstić information content (AvgIpc) is 2.88. The summed E-state index contributed by atoms with van der Waals surface area (Å²) in [4.78, 5) is 15.2. The second-order valence-electron chi connectivity index (χ2n) is 4.45. The number of halogens is 1. The van der Waals surface area contributed by atoms with Gasteiger partial charge in [-0.25, -0.2) is 9.78 Å². The lowest BCUT2D eigenvalue weighted by molar-refractivity contribution is 0.0696. The lowest BCUT2D eigenvalue weighted by atomic mass is 10.2. The fraction of sp³-hybridized carbons (Fsp3) is 0.0714. The Hall–Kier alpha value is -2.60. The van der Waals surface area contributed by atoms with Gasteiger partial charge in [-0.3, -0.25) is 0 Å². The molecule has 0 fully saturated rings. The average molecular weight is 304 g/mol. The molecule has 0 aliphatic carbocycles. The molecule has 6 nitrogen and oxygen atoms in total. The van der Waals surface area contributed by atoms with Gasteiger partial charge in [0, 0.05) is 6.07 Å². The van der Waals surface area contributed by atoms with E-state index in [4.69, 9.17) is 21.4 Å². The van der Waals surface area contributed by atoms with Crippen LogP contribution in [0.5, 0.6) is 11.6 Å². The first-order valence-corrected chi connectivity index (χ1v) is 6.43. The number of nitrogens with zero attached hydrogens (tertiary/aromatic N) is 3. The van der Waals surface area contributed by atoms with Gasteiger partial charge in [0.15, 0.2) is 5.65 Å². The first-order valence-electron chi connectivity index (χ1n) is 6.05. The van der Waals surface area contributed by atoms with Crippen molar-refractivity contribution in [2.75, 3.05) is 0 Å². The van der Waals surface area contributed by atoms with Crippen LogP contribution in [0.15, 0.2) is 36.7 Å². The molecular weight excluding hydrogens is 294 g/mol. The van der Waals surface area contributed by atoms with Crippen LogP contribution in [0.4, 0.5) is 0 Å². The van der Waals surface area contributed by atoms with E-state index in [1.807, 2.05) is 13.0 Å². The minimum absolute atomic E-state index is 0.0170. The lowest BCUT2D eigenvalue weighted by Crippen LogP contribution is -2.00. The third kappa shape index (κ3) is 2.53. The van der Waals surface area contributed by atoms with E-state index in [9.17, 15) is 4.79 Å². The number of aromatic carboxylic acids is 1. The van der Waals surface area contributed by atoms with Gasteiger partial charge in [0.2, 0.25) is 5.88 Å². The van der Waals surface area contributed by atoms with E-state index in [0.717, 1.165) is 5.56 Å². The van der Waals surface area contributed by atoms with Gasteiger partial charge in [-0.05, 0) is 36.8 Å². The molecule has 2 aromatic heterocycles. The number of carbonyl (C=O) groups is 1. The third-order valence-electron chi connectivity index (χ3n) is 2.88. The molecule has 106 valence electrons. The molecule has 0 atom stereocenters. The molecule has 0 saturated carbocycles. The van der Waals surface area contributed by atoms with Gasteiger partial charge in [0.1, 0.15) is 12.1 Å². The van der Waals surface area contributed by atoms with Gasteiger partial charge in [-0.1, -0.05) is 11.6 Å². The van der Waals surface area contributed by atoms with Crippen LogP contribution in [0.2, 0.25) is 5.02 Å². The van der Waals surface area contributed by atoms with Crippen molar-refractivity contribution in [3.63, 3.8) is 0 Å². The molecule has 21 heavy (non-hydrogen) atoms. The van der Waals surface area contributed by atoms with Crippen LogP contribution in [0.1, 0.15) is 15.9 Å². The summed E-state index contributed by atoms with van der Waals surface area (Å²) in [7, 11) is 0. The zero-order valence-electron chi connectivity index (χ0n) is 10.9. The first kappa shape index (κ1) is 13.4. The monoisotopic (exact) mass is 303 g/mol. The number of hydrogen-bond donors (Lipinski definition) is 1. The smallest absolute Gasteiger partial charge is 0.337 e. The van der Waals surface area contributed by atoms with E-state index >= 15 is 0 Å². The number of fused-ring (bicyclic) bond motifs is 1. The van der Waals surface area contributed by atoms with Crippen LogP contribution >= 0.6 is 11.6 Å². The largest absolute Gasteiger partial charge is 0.478 e. The van der Waals surface area contributed by atoms with E-state index in [2.05, 4.69) is 10.1 Å². The molecule has 1 N–H and O–H groups in total. The van der Waals surface area contributed by atoms with Gasteiger partial charge in [0.05, 0.1) is 10.6 Å². The maximum Gasteiger partial charge on any atom is 0.337 e. The number of benzene rings is 1.